The van der Waals surface area contributed by atoms with Gasteiger partial charge in [-0.05, 0) is 61.0 Å². The molecule has 1 heterocycles. The zero-order valence-electron chi connectivity index (χ0n) is 21.3. The van der Waals surface area contributed by atoms with Crippen LogP contribution in [-0.2, 0) is 4.79 Å². The highest BCUT2D eigenvalue weighted by Crippen LogP contribution is 2.26. The largest absolute Gasteiger partial charge is 0.484 e. The molecule has 3 aromatic rings. The van der Waals surface area contributed by atoms with E-state index in [1.165, 1.54) is 12.1 Å². The zero-order chi connectivity index (χ0) is 25.5. The number of rotatable bonds is 9. The van der Waals surface area contributed by atoms with E-state index in [1.54, 1.807) is 0 Å². The van der Waals surface area contributed by atoms with E-state index in [9.17, 15) is 9.18 Å². The molecular weight excluding hydrogens is 455 g/mol. The van der Waals surface area contributed by atoms with Crippen molar-refractivity contribution in [2.24, 2.45) is 0 Å². The van der Waals surface area contributed by atoms with E-state index in [0.29, 0.717) is 12.3 Å². The van der Waals surface area contributed by atoms with Gasteiger partial charge in [0.25, 0.3) is 5.91 Å². The molecule has 7 heteroatoms. The van der Waals surface area contributed by atoms with Crippen molar-refractivity contribution in [2.75, 3.05) is 63.2 Å². The van der Waals surface area contributed by atoms with Crippen LogP contribution in [0.15, 0.2) is 72.8 Å². The molecule has 0 aliphatic carbocycles. The first-order chi connectivity index (χ1) is 17.4. The summed E-state index contributed by atoms with van der Waals surface area (Å²) in [6.45, 7) is 5.84. The maximum atomic E-state index is 13.3. The van der Waals surface area contributed by atoms with Crippen molar-refractivity contribution in [2.45, 2.75) is 13.0 Å². The third-order valence-electron chi connectivity index (χ3n) is 6.62. The number of anilines is 2. The monoisotopic (exact) mass is 490 g/mol. The predicted octanol–water partition coefficient (Wildman–Crippen LogP) is 4.26. The van der Waals surface area contributed by atoms with Gasteiger partial charge in [0.2, 0.25) is 0 Å². The third kappa shape index (κ3) is 6.76. The fraction of sp³-hybridized carbons (Fsp3) is 0.345. The van der Waals surface area contributed by atoms with Crippen LogP contribution in [0, 0.1) is 12.7 Å². The number of carbonyl (C=O) groups is 1. The van der Waals surface area contributed by atoms with Gasteiger partial charge in [-0.2, -0.15) is 0 Å². The summed E-state index contributed by atoms with van der Waals surface area (Å²) in [5, 5.41) is 3.08. The molecule has 3 aromatic carbocycles. The molecular formula is C29H35FN4O2. The third-order valence-corrected chi connectivity index (χ3v) is 6.62. The molecule has 0 saturated carbocycles. The smallest absolute Gasteiger partial charge is 0.258 e. The normalized spacial score (nSPS) is 14.8. The Morgan fingerprint density at radius 3 is 2.19 bits per heavy atom. The summed E-state index contributed by atoms with van der Waals surface area (Å²) in [7, 11) is 4.05. The minimum Gasteiger partial charge on any atom is -0.484 e. The second-order valence-electron chi connectivity index (χ2n) is 9.41. The zero-order valence-corrected chi connectivity index (χ0v) is 21.3. The lowest BCUT2D eigenvalue weighted by Crippen LogP contribution is -2.50. The molecule has 1 aliphatic rings. The number of hydrogen-bond donors (Lipinski definition) is 1. The van der Waals surface area contributed by atoms with Crippen LogP contribution in [-0.4, -0.2) is 64.2 Å². The lowest BCUT2D eigenvalue weighted by Gasteiger charge is -2.40. The first kappa shape index (κ1) is 25.5. The van der Waals surface area contributed by atoms with Crippen molar-refractivity contribution in [3.05, 3.63) is 89.7 Å². The highest BCUT2D eigenvalue weighted by Gasteiger charge is 2.26. The van der Waals surface area contributed by atoms with E-state index in [1.807, 2.05) is 57.4 Å². The van der Waals surface area contributed by atoms with Crippen molar-refractivity contribution >= 4 is 17.3 Å². The van der Waals surface area contributed by atoms with Gasteiger partial charge in [0.1, 0.15) is 11.6 Å². The summed E-state index contributed by atoms with van der Waals surface area (Å²) in [5.41, 5.74) is 4.48. The molecule has 0 unspecified atom stereocenters. The average molecular weight is 491 g/mol. The number of halogens is 1. The van der Waals surface area contributed by atoms with Crippen molar-refractivity contribution in [1.29, 1.82) is 0 Å². The number of amides is 1. The molecule has 1 amide bonds. The molecule has 0 aromatic heterocycles. The lowest BCUT2D eigenvalue weighted by atomic mass is 10.0. The van der Waals surface area contributed by atoms with Crippen molar-refractivity contribution in [3.8, 4) is 5.75 Å². The Morgan fingerprint density at radius 2 is 1.58 bits per heavy atom. The van der Waals surface area contributed by atoms with E-state index in [2.05, 4.69) is 44.3 Å². The molecule has 36 heavy (non-hydrogen) atoms. The van der Waals surface area contributed by atoms with Gasteiger partial charge in [-0.1, -0.05) is 29.8 Å². The number of hydrogen-bond acceptors (Lipinski definition) is 5. The quantitative estimate of drug-likeness (QED) is 0.486. The molecule has 0 spiro atoms. The Balaban J connectivity index is 1.39. The second-order valence-corrected chi connectivity index (χ2v) is 9.41. The van der Waals surface area contributed by atoms with Gasteiger partial charge >= 0.3 is 0 Å². The van der Waals surface area contributed by atoms with Gasteiger partial charge in [0, 0.05) is 58.2 Å². The van der Waals surface area contributed by atoms with Crippen molar-refractivity contribution in [1.82, 2.24) is 10.2 Å². The Morgan fingerprint density at radius 1 is 0.944 bits per heavy atom. The Hall–Kier alpha value is -3.58. The fourth-order valence-electron chi connectivity index (χ4n) is 4.44. The molecule has 0 radical (unpaired) electrons. The Bertz CT molecular complexity index is 1110. The summed E-state index contributed by atoms with van der Waals surface area (Å²) >= 11 is 0. The number of aryl methyl sites for hydroxylation is 1. The molecule has 6 nitrogen and oxygen atoms in total. The summed E-state index contributed by atoms with van der Waals surface area (Å²) in [6, 6.07) is 22.9. The van der Waals surface area contributed by atoms with Gasteiger partial charge in [-0.25, -0.2) is 4.39 Å². The highest BCUT2D eigenvalue weighted by atomic mass is 19.1. The first-order valence-corrected chi connectivity index (χ1v) is 12.4. The van der Waals surface area contributed by atoms with Gasteiger partial charge in [-0.15, -0.1) is 0 Å². The Labute approximate surface area is 213 Å². The minimum absolute atomic E-state index is 0.0201. The molecule has 1 aliphatic heterocycles. The van der Waals surface area contributed by atoms with Crippen LogP contribution >= 0.6 is 0 Å². The van der Waals surface area contributed by atoms with Crippen LogP contribution in [0.25, 0.3) is 0 Å². The second kappa shape index (κ2) is 11.9. The summed E-state index contributed by atoms with van der Waals surface area (Å²) < 4.78 is 19.0. The van der Waals surface area contributed by atoms with Crippen LogP contribution in [0.4, 0.5) is 15.8 Å². The molecule has 4 rings (SSSR count). The van der Waals surface area contributed by atoms with Crippen molar-refractivity contribution < 1.29 is 13.9 Å². The molecule has 1 fully saturated rings. The van der Waals surface area contributed by atoms with Crippen LogP contribution in [0.2, 0.25) is 0 Å². The van der Waals surface area contributed by atoms with E-state index < -0.39 is 0 Å². The number of ether oxygens (including phenoxy) is 1. The highest BCUT2D eigenvalue weighted by molar-refractivity contribution is 5.77. The summed E-state index contributed by atoms with van der Waals surface area (Å²) in [5.74, 6) is 0.319. The maximum absolute atomic E-state index is 13.3. The van der Waals surface area contributed by atoms with Gasteiger partial charge in [0.05, 0.1) is 6.04 Å². The molecule has 0 bridgehead atoms. The lowest BCUT2D eigenvalue weighted by molar-refractivity contribution is -0.123. The number of piperazine rings is 1. The fourth-order valence-corrected chi connectivity index (χ4v) is 4.44. The molecule has 1 N–H and O–H groups in total. The molecule has 1 saturated heterocycles. The number of nitrogens with one attached hydrogen (secondary N) is 1. The molecule has 190 valence electrons. The van der Waals surface area contributed by atoms with Crippen LogP contribution in [0.3, 0.4) is 0 Å². The summed E-state index contributed by atoms with van der Waals surface area (Å²) in [6.07, 6.45) is 0. The van der Waals surface area contributed by atoms with Gasteiger partial charge in [-0.3, -0.25) is 9.69 Å². The molecule has 1 atom stereocenters. The SMILES string of the molecule is Cc1ccc(OCC(=O)NC[C@H](c2ccc(N(C)C)cc2)N2CCN(c3ccc(F)cc3)CC2)cc1. The van der Waals surface area contributed by atoms with Gasteiger partial charge in [0.15, 0.2) is 6.61 Å². The standard InChI is InChI=1S/C29H35FN4O2/c1-22-4-14-27(15-5-22)36-21-29(35)31-20-28(23-6-10-25(11-7-23)32(2)3)34-18-16-33(17-19-34)26-12-8-24(30)9-13-26/h4-15,28H,16-21H2,1-3H3,(H,31,35)/t28-/m1/s1. The number of benzene rings is 3. The van der Waals surface area contributed by atoms with Gasteiger partial charge < -0.3 is 19.9 Å². The number of carbonyl (C=O) groups excluding carboxylic acids is 1. The van der Waals surface area contributed by atoms with Crippen LogP contribution < -0.4 is 19.9 Å². The topological polar surface area (TPSA) is 48.1 Å². The van der Waals surface area contributed by atoms with E-state index in [-0.39, 0.29) is 24.4 Å². The first-order valence-electron chi connectivity index (χ1n) is 12.4. The predicted molar refractivity (Wildman–Crippen MR) is 143 cm³/mol. The number of nitrogens with zero attached hydrogens (tertiary/aromatic N) is 3. The van der Waals surface area contributed by atoms with Crippen LogP contribution in [0.5, 0.6) is 5.75 Å². The van der Waals surface area contributed by atoms with E-state index in [4.69, 9.17) is 4.74 Å². The minimum atomic E-state index is -0.222. The average Bonchev–Trinajstić information content (AvgIpc) is 2.89. The maximum Gasteiger partial charge on any atom is 0.258 e. The Kier molecular flexibility index (Phi) is 8.44. The van der Waals surface area contributed by atoms with Crippen LogP contribution in [0.1, 0.15) is 17.2 Å². The van der Waals surface area contributed by atoms with E-state index >= 15 is 0 Å². The van der Waals surface area contributed by atoms with E-state index in [0.717, 1.165) is 48.7 Å². The van der Waals surface area contributed by atoms with Crippen molar-refractivity contribution in [3.63, 3.8) is 0 Å². The summed E-state index contributed by atoms with van der Waals surface area (Å²) in [4.78, 5) is 19.4.